The number of aliphatic hydroxyl groups is 1. The van der Waals surface area contributed by atoms with Gasteiger partial charge in [0.25, 0.3) is 0 Å². The lowest BCUT2D eigenvalue weighted by atomic mass is 9.99. The van der Waals surface area contributed by atoms with Gasteiger partial charge in [0.1, 0.15) is 0 Å². The number of para-hydroxylation sites is 2. The number of rotatable bonds is 18. The Balaban J connectivity index is 1.06. The van der Waals surface area contributed by atoms with Gasteiger partial charge in [0.15, 0.2) is 6.29 Å². The van der Waals surface area contributed by atoms with Gasteiger partial charge in [-0.1, -0.05) is 122 Å². The van der Waals surface area contributed by atoms with Crippen molar-refractivity contribution < 1.29 is 24.2 Å². The van der Waals surface area contributed by atoms with Gasteiger partial charge in [0, 0.05) is 50.1 Å². The van der Waals surface area contributed by atoms with Crippen molar-refractivity contribution in [3.63, 3.8) is 0 Å². The minimum atomic E-state index is -0.649. The number of carbonyl (C=O) groups excluding carboxylic acids is 2. The number of ether oxygens (including phenoxy) is 2. The summed E-state index contributed by atoms with van der Waals surface area (Å²) in [4.78, 5) is 27.7. The predicted molar refractivity (Wildman–Crippen MR) is 218 cm³/mol. The van der Waals surface area contributed by atoms with Crippen molar-refractivity contribution in [1.29, 1.82) is 0 Å². The zero-order chi connectivity index (χ0) is 38.2. The van der Waals surface area contributed by atoms with Crippen LogP contribution >= 0.6 is 0 Å². The molecule has 5 aromatic rings. The van der Waals surface area contributed by atoms with Crippen LogP contribution in [-0.2, 0) is 38.8 Å². The summed E-state index contributed by atoms with van der Waals surface area (Å²) < 4.78 is 13.4. The molecule has 55 heavy (non-hydrogen) atoms. The van der Waals surface area contributed by atoms with E-state index in [2.05, 4.69) is 64.1 Å². The maximum Gasteiger partial charge on any atom is 0.224 e. The number of carbonyl (C=O) groups is 2. The second-order valence-corrected chi connectivity index (χ2v) is 14.2. The molecule has 0 saturated carbocycles. The Morgan fingerprint density at radius 1 is 0.655 bits per heavy atom. The number of unbranched alkanes of at least 4 members (excludes halogenated alkanes) is 3. The van der Waals surface area contributed by atoms with Crippen LogP contribution in [0.5, 0.6) is 0 Å². The molecule has 6 rings (SSSR count). The number of aliphatic hydroxyl groups excluding tert-OH is 1. The zero-order valence-corrected chi connectivity index (χ0v) is 31.3. The average molecular weight is 741 g/mol. The number of hydrogen-bond donors (Lipinski definition) is 4. The molecule has 0 spiro atoms. The van der Waals surface area contributed by atoms with E-state index in [1.54, 1.807) is 12.1 Å². The van der Waals surface area contributed by atoms with Crippen molar-refractivity contribution in [1.82, 2.24) is 4.90 Å². The Kier molecular flexibility index (Phi) is 14.6. The van der Waals surface area contributed by atoms with Gasteiger partial charge >= 0.3 is 0 Å². The third-order valence-electron chi connectivity index (χ3n) is 9.81. The molecule has 1 aliphatic rings. The van der Waals surface area contributed by atoms with Gasteiger partial charge < -0.3 is 30.9 Å². The molecular weight excluding hydrogens is 689 g/mol. The minimum Gasteiger partial charge on any atom is -0.397 e. The van der Waals surface area contributed by atoms with E-state index in [0.717, 1.165) is 55.5 Å². The normalized spacial score (nSPS) is 16.8. The Morgan fingerprint density at radius 3 is 1.91 bits per heavy atom. The molecule has 0 unspecified atom stereocenters. The van der Waals surface area contributed by atoms with Crippen LogP contribution in [-0.4, -0.2) is 34.5 Å². The Morgan fingerprint density at radius 2 is 1.27 bits per heavy atom. The molecule has 9 nitrogen and oxygen atoms in total. The lowest BCUT2D eigenvalue weighted by molar-refractivity contribution is -0.253. The van der Waals surface area contributed by atoms with E-state index in [1.807, 2.05) is 72.8 Å². The summed E-state index contributed by atoms with van der Waals surface area (Å²) in [5.41, 5.74) is 13.0. The SMILES string of the molecule is Nc1ccccc1NC(=O)CCCCCCC(=O)Nc1cccc([C@@H]2O[C@H](CN(Cc3ccccc3)Cc3ccccc3)C[C@H](c3ccc(CO)cc3)O2)c1. The molecule has 2 amide bonds. The molecule has 0 aliphatic carbocycles. The first kappa shape index (κ1) is 39.4. The lowest BCUT2D eigenvalue weighted by Gasteiger charge is -2.38. The van der Waals surface area contributed by atoms with E-state index in [0.29, 0.717) is 42.9 Å². The number of nitrogens with two attached hydrogens (primary N) is 1. The summed E-state index contributed by atoms with van der Waals surface area (Å²) in [7, 11) is 0. The first-order valence-electron chi connectivity index (χ1n) is 19.3. The van der Waals surface area contributed by atoms with E-state index in [9.17, 15) is 14.7 Å². The molecule has 0 aromatic heterocycles. The fourth-order valence-corrected chi connectivity index (χ4v) is 6.92. The zero-order valence-electron chi connectivity index (χ0n) is 31.3. The summed E-state index contributed by atoms with van der Waals surface area (Å²) in [6.07, 6.45) is 3.62. The minimum absolute atomic E-state index is 0.0171. The Hall–Kier alpha value is -5.32. The Bertz CT molecular complexity index is 1900. The van der Waals surface area contributed by atoms with Crippen LogP contribution in [0.25, 0.3) is 0 Å². The number of benzene rings is 5. The van der Waals surface area contributed by atoms with Crippen LogP contribution < -0.4 is 16.4 Å². The summed E-state index contributed by atoms with van der Waals surface area (Å²) in [5.74, 6) is -0.118. The van der Waals surface area contributed by atoms with Crippen LogP contribution in [0.3, 0.4) is 0 Å². The van der Waals surface area contributed by atoms with E-state index >= 15 is 0 Å². The van der Waals surface area contributed by atoms with Crippen molar-refractivity contribution in [2.75, 3.05) is 22.9 Å². The van der Waals surface area contributed by atoms with Gasteiger partial charge in [-0.25, -0.2) is 0 Å². The van der Waals surface area contributed by atoms with Gasteiger partial charge in [-0.15, -0.1) is 0 Å². The van der Waals surface area contributed by atoms with Crippen LogP contribution in [0.4, 0.5) is 17.1 Å². The number of nitrogens with zero attached hydrogens (tertiary/aromatic N) is 1. The highest BCUT2D eigenvalue weighted by molar-refractivity contribution is 5.93. The van der Waals surface area contributed by atoms with Gasteiger partial charge in [0.2, 0.25) is 11.8 Å². The Labute approximate surface area is 324 Å². The maximum absolute atomic E-state index is 13.0. The van der Waals surface area contributed by atoms with E-state index in [1.165, 1.54) is 11.1 Å². The third kappa shape index (κ3) is 12.3. The van der Waals surface area contributed by atoms with E-state index in [-0.39, 0.29) is 30.6 Å². The number of hydrogen-bond acceptors (Lipinski definition) is 7. The number of anilines is 3. The second-order valence-electron chi connectivity index (χ2n) is 14.2. The topological polar surface area (TPSA) is 126 Å². The molecule has 1 heterocycles. The summed E-state index contributed by atoms with van der Waals surface area (Å²) in [5, 5.41) is 15.6. The van der Waals surface area contributed by atoms with E-state index < -0.39 is 6.29 Å². The van der Waals surface area contributed by atoms with E-state index in [4.69, 9.17) is 15.2 Å². The fourth-order valence-electron chi connectivity index (χ4n) is 6.92. The van der Waals surface area contributed by atoms with Crippen molar-refractivity contribution in [2.45, 2.75) is 83.1 Å². The molecule has 9 heteroatoms. The van der Waals surface area contributed by atoms with Gasteiger partial charge in [-0.2, -0.15) is 0 Å². The summed E-state index contributed by atoms with van der Waals surface area (Å²) in [6.45, 7) is 2.23. The summed E-state index contributed by atoms with van der Waals surface area (Å²) >= 11 is 0. The lowest BCUT2D eigenvalue weighted by Crippen LogP contribution is -2.39. The smallest absolute Gasteiger partial charge is 0.224 e. The molecule has 3 atom stereocenters. The monoisotopic (exact) mass is 740 g/mol. The molecule has 1 saturated heterocycles. The molecule has 5 aromatic carbocycles. The van der Waals surface area contributed by atoms with Gasteiger partial charge in [-0.3, -0.25) is 14.5 Å². The highest BCUT2D eigenvalue weighted by atomic mass is 16.7. The molecule has 1 aliphatic heterocycles. The van der Waals surface area contributed by atoms with Crippen molar-refractivity contribution in [3.8, 4) is 0 Å². The second kappa shape index (κ2) is 20.4. The number of nitrogen functional groups attached to an aromatic ring is 1. The van der Waals surface area contributed by atoms with Crippen molar-refractivity contribution in [2.24, 2.45) is 0 Å². The number of nitrogens with one attached hydrogen (secondary N) is 2. The highest BCUT2D eigenvalue weighted by Gasteiger charge is 2.33. The molecule has 286 valence electrons. The molecule has 1 fully saturated rings. The first-order chi connectivity index (χ1) is 26.9. The first-order valence-corrected chi connectivity index (χ1v) is 19.3. The number of amides is 2. The van der Waals surface area contributed by atoms with Crippen LogP contribution in [0.1, 0.15) is 85.2 Å². The van der Waals surface area contributed by atoms with Crippen molar-refractivity contribution >= 4 is 28.9 Å². The van der Waals surface area contributed by atoms with Crippen LogP contribution in [0, 0.1) is 0 Å². The maximum atomic E-state index is 13.0. The standard InChI is InChI=1S/C46H52N4O5/c47-41-20-11-12-21-42(41)49-45(53)23-10-2-1-9-22-44(52)48-39-19-13-18-38(28-39)46-54-40(29-43(55-46)37-26-24-36(33-51)25-27-37)32-50(30-34-14-5-3-6-15-34)31-35-16-7-4-8-17-35/h3-8,11-21,24-28,40,43,46,51H,1-2,9-10,22-23,29-33,47H2,(H,48,52)(H,49,53)/t40-,43+,46+/m0/s1. The third-order valence-corrected chi connectivity index (χ3v) is 9.81. The molecule has 5 N–H and O–H groups in total. The quantitative estimate of drug-likeness (QED) is 0.0522. The largest absolute Gasteiger partial charge is 0.397 e. The molecular formula is C46H52N4O5. The van der Waals surface area contributed by atoms with Crippen LogP contribution in [0.15, 0.2) is 133 Å². The predicted octanol–water partition coefficient (Wildman–Crippen LogP) is 8.93. The van der Waals surface area contributed by atoms with Gasteiger partial charge in [-0.05, 0) is 59.4 Å². The summed E-state index contributed by atoms with van der Waals surface area (Å²) in [6, 6.07) is 43.8. The van der Waals surface area contributed by atoms with Crippen LogP contribution in [0.2, 0.25) is 0 Å². The fraction of sp³-hybridized carbons (Fsp3) is 0.304. The average Bonchev–Trinajstić information content (AvgIpc) is 3.21. The molecule has 0 bridgehead atoms. The molecule has 0 radical (unpaired) electrons. The van der Waals surface area contributed by atoms with Crippen molar-refractivity contribution in [3.05, 3.63) is 161 Å². The van der Waals surface area contributed by atoms with Gasteiger partial charge in [0.05, 0.1) is 30.2 Å². The highest BCUT2D eigenvalue weighted by Crippen LogP contribution is 2.39.